The summed E-state index contributed by atoms with van der Waals surface area (Å²) < 4.78 is 1.76. The second-order valence-corrected chi connectivity index (χ2v) is 3.20. The van der Waals surface area contributed by atoms with Crippen LogP contribution in [-0.4, -0.2) is 29.3 Å². The summed E-state index contributed by atoms with van der Waals surface area (Å²) in [6.07, 6.45) is 2.35. The number of nitrogens with zero attached hydrogens (tertiary/aromatic N) is 2. The highest BCUT2D eigenvalue weighted by Crippen LogP contribution is 2.06. The molecule has 0 aliphatic rings. The lowest BCUT2D eigenvalue weighted by atomic mass is 10.0. The van der Waals surface area contributed by atoms with Crippen molar-refractivity contribution in [2.45, 2.75) is 6.42 Å². The highest BCUT2D eigenvalue weighted by atomic mass is 16.1. The Labute approximate surface area is 83.3 Å². The van der Waals surface area contributed by atoms with E-state index in [1.165, 1.54) is 0 Å². The predicted molar refractivity (Wildman–Crippen MR) is 53.5 cm³/mol. The summed E-state index contributed by atoms with van der Waals surface area (Å²) in [5.41, 5.74) is 6.54. The van der Waals surface area contributed by atoms with E-state index in [-0.39, 0.29) is 11.8 Å². The maximum Gasteiger partial charge on any atom is 0.224 e. The van der Waals surface area contributed by atoms with Gasteiger partial charge >= 0.3 is 0 Å². The molecule has 1 aromatic heterocycles. The predicted octanol–water partition coefficient (Wildman–Crippen LogP) is -0.716. The first kappa shape index (κ1) is 10.7. The monoisotopic (exact) mass is 196 g/mol. The van der Waals surface area contributed by atoms with E-state index >= 15 is 0 Å². The van der Waals surface area contributed by atoms with E-state index in [0.717, 1.165) is 5.69 Å². The normalized spacial score (nSPS) is 12.5. The van der Waals surface area contributed by atoms with Crippen molar-refractivity contribution < 1.29 is 4.79 Å². The molecule has 1 rings (SSSR count). The minimum atomic E-state index is -0.171. The summed E-state index contributed by atoms with van der Waals surface area (Å²) in [6, 6.07) is 1.89. The van der Waals surface area contributed by atoms with E-state index in [1.54, 1.807) is 17.9 Å². The quantitative estimate of drug-likeness (QED) is 0.667. The van der Waals surface area contributed by atoms with Gasteiger partial charge in [0.05, 0.1) is 5.92 Å². The van der Waals surface area contributed by atoms with Crippen molar-refractivity contribution >= 4 is 5.91 Å². The van der Waals surface area contributed by atoms with Crippen LogP contribution in [-0.2, 0) is 18.3 Å². The third kappa shape index (κ3) is 2.32. The first-order valence-corrected chi connectivity index (χ1v) is 4.57. The number of carbonyl (C=O) groups excluding carboxylic acids is 1. The van der Waals surface area contributed by atoms with Crippen LogP contribution < -0.4 is 11.1 Å². The Morgan fingerprint density at radius 2 is 2.50 bits per heavy atom. The highest BCUT2D eigenvalue weighted by molar-refractivity contribution is 5.78. The van der Waals surface area contributed by atoms with Crippen LogP contribution in [0.15, 0.2) is 12.3 Å². The van der Waals surface area contributed by atoms with Gasteiger partial charge in [0.15, 0.2) is 0 Å². The molecule has 0 saturated carbocycles. The number of amides is 1. The van der Waals surface area contributed by atoms with Crippen molar-refractivity contribution in [3.05, 3.63) is 18.0 Å². The van der Waals surface area contributed by atoms with Gasteiger partial charge in [-0.05, 0) is 6.07 Å². The van der Waals surface area contributed by atoms with Gasteiger partial charge in [0.1, 0.15) is 0 Å². The molecule has 14 heavy (non-hydrogen) atoms. The Kier molecular flexibility index (Phi) is 3.64. The van der Waals surface area contributed by atoms with Crippen LogP contribution in [0.1, 0.15) is 5.69 Å². The fraction of sp³-hybridized carbons (Fsp3) is 0.556. The molecule has 1 atom stereocenters. The zero-order valence-corrected chi connectivity index (χ0v) is 8.53. The van der Waals surface area contributed by atoms with Gasteiger partial charge in [-0.15, -0.1) is 0 Å². The van der Waals surface area contributed by atoms with Crippen molar-refractivity contribution in [2.24, 2.45) is 18.7 Å². The van der Waals surface area contributed by atoms with Gasteiger partial charge in [0, 0.05) is 39.0 Å². The molecule has 0 saturated heterocycles. The SMILES string of the molecule is CNC(=O)C(CN)Cc1ccnn1C. The number of hydrogen-bond acceptors (Lipinski definition) is 3. The lowest BCUT2D eigenvalue weighted by Gasteiger charge is -2.12. The van der Waals surface area contributed by atoms with Crippen LogP contribution in [0, 0.1) is 5.92 Å². The molecule has 0 aliphatic carbocycles. The molecule has 0 spiro atoms. The zero-order chi connectivity index (χ0) is 10.6. The fourth-order valence-corrected chi connectivity index (χ4v) is 1.34. The van der Waals surface area contributed by atoms with Gasteiger partial charge in [0.2, 0.25) is 5.91 Å². The van der Waals surface area contributed by atoms with Crippen LogP contribution >= 0.6 is 0 Å². The maximum atomic E-state index is 11.4. The lowest BCUT2D eigenvalue weighted by Crippen LogP contribution is -2.34. The van der Waals surface area contributed by atoms with Gasteiger partial charge in [-0.1, -0.05) is 0 Å². The first-order valence-electron chi connectivity index (χ1n) is 4.57. The molecule has 5 heteroatoms. The molecule has 1 aromatic rings. The van der Waals surface area contributed by atoms with E-state index in [1.807, 2.05) is 13.1 Å². The Morgan fingerprint density at radius 3 is 2.93 bits per heavy atom. The van der Waals surface area contributed by atoms with Gasteiger partial charge in [-0.2, -0.15) is 5.10 Å². The molecule has 1 heterocycles. The summed E-state index contributed by atoms with van der Waals surface area (Å²) in [5, 5.41) is 6.63. The summed E-state index contributed by atoms with van der Waals surface area (Å²) in [4.78, 5) is 11.4. The lowest BCUT2D eigenvalue weighted by molar-refractivity contribution is -0.124. The van der Waals surface area contributed by atoms with Crippen molar-refractivity contribution in [2.75, 3.05) is 13.6 Å². The van der Waals surface area contributed by atoms with Gasteiger partial charge in [0.25, 0.3) is 0 Å². The van der Waals surface area contributed by atoms with Crippen LogP contribution in [0.4, 0.5) is 0 Å². The molecule has 0 fully saturated rings. The number of nitrogens with two attached hydrogens (primary N) is 1. The number of aryl methyl sites for hydroxylation is 1. The topological polar surface area (TPSA) is 72.9 Å². The third-order valence-corrected chi connectivity index (χ3v) is 2.28. The number of nitrogens with one attached hydrogen (secondary N) is 1. The van der Waals surface area contributed by atoms with Crippen molar-refractivity contribution in [3.63, 3.8) is 0 Å². The first-order chi connectivity index (χ1) is 6.69. The average molecular weight is 196 g/mol. The largest absolute Gasteiger partial charge is 0.359 e. The number of hydrogen-bond donors (Lipinski definition) is 2. The minimum Gasteiger partial charge on any atom is -0.359 e. The summed E-state index contributed by atoms with van der Waals surface area (Å²) in [5.74, 6) is -0.191. The second kappa shape index (κ2) is 4.76. The van der Waals surface area contributed by atoms with Crippen LogP contribution in [0.5, 0.6) is 0 Å². The maximum absolute atomic E-state index is 11.4. The van der Waals surface area contributed by atoms with E-state index in [9.17, 15) is 4.79 Å². The summed E-state index contributed by atoms with van der Waals surface area (Å²) in [6.45, 7) is 0.352. The fourth-order valence-electron chi connectivity index (χ4n) is 1.34. The van der Waals surface area contributed by atoms with E-state index < -0.39 is 0 Å². The van der Waals surface area contributed by atoms with Gasteiger partial charge < -0.3 is 11.1 Å². The van der Waals surface area contributed by atoms with Gasteiger partial charge in [-0.25, -0.2) is 0 Å². The molecule has 3 N–H and O–H groups in total. The van der Waals surface area contributed by atoms with Crippen molar-refractivity contribution in [1.82, 2.24) is 15.1 Å². The third-order valence-electron chi connectivity index (χ3n) is 2.28. The van der Waals surface area contributed by atoms with Crippen LogP contribution in [0.3, 0.4) is 0 Å². The average Bonchev–Trinajstić information content (AvgIpc) is 2.59. The molecule has 0 radical (unpaired) electrons. The van der Waals surface area contributed by atoms with E-state index in [2.05, 4.69) is 10.4 Å². The summed E-state index contributed by atoms with van der Waals surface area (Å²) in [7, 11) is 3.47. The second-order valence-electron chi connectivity index (χ2n) is 3.20. The zero-order valence-electron chi connectivity index (χ0n) is 8.53. The van der Waals surface area contributed by atoms with E-state index in [4.69, 9.17) is 5.73 Å². The Bertz CT molecular complexity index is 308. The van der Waals surface area contributed by atoms with Crippen molar-refractivity contribution in [3.8, 4) is 0 Å². The highest BCUT2D eigenvalue weighted by Gasteiger charge is 2.17. The minimum absolute atomic E-state index is 0.0197. The molecule has 1 amide bonds. The molecule has 78 valence electrons. The van der Waals surface area contributed by atoms with Gasteiger partial charge in [-0.3, -0.25) is 9.48 Å². The molecule has 5 nitrogen and oxygen atoms in total. The number of rotatable bonds is 4. The molecule has 1 unspecified atom stereocenters. The Morgan fingerprint density at radius 1 is 1.79 bits per heavy atom. The molecular formula is C9H16N4O. The molecule has 0 aliphatic heterocycles. The Hall–Kier alpha value is -1.36. The summed E-state index contributed by atoms with van der Waals surface area (Å²) >= 11 is 0. The number of carbonyl (C=O) groups is 1. The smallest absolute Gasteiger partial charge is 0.224 e. The Balaban J connectivity index is 2.66. The van der Waals surface area contributed by atoms with Crippen LogP contribution in [0.2, 0.25) is 0 Å². The molecule has 0 bridgehead atoms. The van der Waals surface area contributed by atoms with E-state index in [0.29, 0.717) is 13.0 Å². The standard InChI is InChI=1S/C9H16N4O/c1-11-9(14)7(6-10)5-8-3-4-12-13(8)2/h3-4,7H,5-6,10H2,1-2H3,(H,11,14). The number of aromatic nitrogens is 2. The van der Waals surface area contributed by atoms with Crippen molar-refractivity contribution in [1.29, 1.82) is 0 Å². The van der Waals surface area contributed by atoms with Crippen LogP contribution in [0.25, 0.3) is 0 Å². The molecule has 0 aromatic carbocycles. The molecular weight excluding hydrogens is 180 g/mol.